The van der Waals surface area contributed by atoms with Crippen LogP contribution in [0.5, 0.6) is 5.75 Å². The largest absolute Gasteiger partial charge is 1.00 e. The van der Waals surface area contributed by atoms with Crippen LogP contribution in [0.4, 0.5) is 23.7 Å². The Morgan fingerprint density at radius 3 is 1.35 bits per heavy atom. The number of anilines is 1. The van der Waals surface area contributed by atoms with Gasteiger partial charge in [-0.2, -0.15) is 0 Å². The molecule has 33 nitrogen and oxygen atoms in total. The Morgan fingerprint density at radius 1 is 0.547 bits per heavy atom. The fourth-order valence-electron chi connectivity index (χ4n) is 15.3. The maximum atomic E-state index is 13.6. The minimum atomic E-state index is -4.84. The number of aliphatic carboxylic acids is 1. The number of Topliss-reactive ketones (excluding diaryl/α,β-unsaturated/α-hetero) is 1. The zero-order chi connectivity index (χ0) is 101. The molecule has 4 aromatic carbocycles. The van der Waals surface area contributed by atoms with Gasteiger partial charge in [-0.1, -0.05) is 60.5 Å². The van der Waals surface area contributed by atoms with Gasteiger partial charge in [-0.15, -0.1) is 13.2 Å². The fourth-order valence-corrected chi connectivity index (χ4v) is 15.3. The molecule has 4 aliphatic carbocycles. The van der Waals surface area contributed by atoms with E-state index in [9.17, 15) is 75.8 Å². The number of alkyl halides is 3. The molecule has 2 spiro atoms. The fraction of sp³-hybridized carbons (Fsp3) is 0.590. The second-order valence-corrected chi connectivity index (χ2v) is 34.4. The number of hydrogen-bond donors (Lipinski definition) is 6. The van der Waals surface area contributed by atoms with Crippen LogP contribution in [-0.4, -0.2) is 210 Å². The first kappa shape index (κ1) is 120. The third kappa shape index (κ3) is 43.4. The molecule has 5 fully saturated rings. The smallest absolute Gasteiger partial charge is 0.614 e. The molecule has 2 aliphatic heterocycles. The molecule has 0 unspecified atom stereocenters. The number of rotatable bonds is 35. The summed E-state index contributed by atoms with van der Waals surface area (Å²) in [5.74, 6) is -3.74. The molecular weight excluding hydrogens is 1780 g/mol. The molecule has 5 amide bonds. The molecule has 0 aromatic heterocycles. The summed E-state index contributed by atoms with van der Waals surface area (Å²) in [6.07, 6.45) is 11.3. The van der Waals surface area contributed by atoms with E-state index in [0.29, 0.717) is 156 Å². The van der Waals surface area contributed by atoms with E-state index < -0.39 is 52.1 Å². The van der Waals surface area contributed by atoms with Crippen LogP contribution in [0.1, 0.15) is 272 Å². The molecule has 0 atom stereocenters. The summed E-state index contributed by atoms with van der Waals surface area (Å²) in [5, 5.41) is 33.5. The van der Waals surface area contributed by atoms with Crippen molar-refractivity contribution in [1.82, 2.24) is 26.2 Å². The van der Waals surface area contributed by atoms with E-state index in [0.717, 1.165) is 93.2 Å². The van der Waals surface area contributed by atoms with Crippen molar-refractivity contribution in [2.75, 3.05) is 97.6 Å². The summed E-state index contributed by atoms with van der Waals surface area (Å²) in [7, 11) is 0. The predicted octanol–water partition coefficient (Wildman–Crippen LogP) is 12.0. The van der Waals surface area contributed by atoms with Crippen molar-refractivity contribution in [2.45, 2.75) is 263 Å². The number of ketones is 1. The first-order valence-corrected chi connectivity index (χ1v) is 46.6. The van der Waals surface area contributed by atoms with Gasteiger partial charge in [0.05, 0.1) is 95.0 Å². The predicted molar refractivity (Wildman–Crippen MR) is 497 cm³/mol. The number of nitrogens with one attached hydrogen (secondary N) is 5. The number of aliphatic imine (C=N–C) groups is 1. The molecule has 6 aliphatic rings. The number of halogens is 3. The van der Waals surface area contributed by atoms with E-state index in [1.165, 1.54) is 18.2 Å². The van der Waals surface area contributed by atoms with Gasteiger partial charge in [-0.25, -0.2) is 14.6 Å². The van der Waals surface area contributed by atoms with E-state index in [1.807, 2.05) is 67.5 Å². The van der Waals surface area contributed by atoms with Crippen molar-refractivity contribution in [3.05, 3.63) is 154 Å². The number of carbonyl (C=O) groups excluding carboxylic acids is 12. The Bertz CT molecular complexity index is 4520. The Hall–Kier alpha value is -10.8. The van der Waals surface area contributed by atoms with Crippen LogP contribution < -0.4 is 55.3 Å². The maximum Gasteiger partial charge on any atom is 1.00 e. The number of carboxylic acid groups (broad SMARTS) is 1. The van der Waals surface area contributed by atoms with Crippen LogP contribution in [0, 0.1) is 28.1 Å². The van der Waals surface area contributed by atoms with Gasteiger partial charge in [0.2, 0.25) is 6.08 Å². The van der Waals surface area contributed by atoms with Crippen LogP contribution in [0.25, 0.3) is 0 Å². The Kier molecular flexibility index (Phi) is 54.6. The molecular formula is C100H141F3LiN7O26. The van der Waals surface area contributed by atoms with Crippen LogP contribution in [0.15, 0.2) is 125 Å². The summed E-state index contributed by atoms with van der Waals surface area (Å²) in [6, 6.07) is 24.9. The second kappa shape index (κ2) is 62.2. The normalized spacial score (nSPS) is 17.1. The maximum absolute atomic E-state index is 13.6. The SMILES string of the molecule is CCN=C=O.CCOC(=O)C(C)(C)C1=CCC2(CC1)OCCO2.CCOC(=O)C(C)(C)C1CCC(N(Cc2ccc(C(=O)NCCC(=O)O)cc2)C(=O)Nc2ccc(OC(F)(F)F)cc2)CC1.CCOC(=O)CCNC(=O)c1ccc(C=O)cc1.CCOC(=O)CCNC(=O)c1ccc(CNC2CCC(C(C)(C)C(=O)OCC)CC2)cc1.CCOC([O-])=C(C)C.O=C1CCC2(CC1)OCCO2.[Li+]. The average Bonchev–Trinajstić information content (AvgIpc) is 1.72. The van der Waals surface area contributed by atoms with Gasteiger partial charge < -0.3 is 93.8 Å². The van der Waals surface area contributed by atoms with Crippen molar-refractivity contribution >= 4 is 83.4 Å². The van der Waals surface area contributed by atoms with Gasteiger partial charge in [0, 0.05) is 124 Å². The first-order valence-electron chi connectivity index (χ1n) is 46.6. The molecule has 10 rings (SSSR count). The van der Waals surface area contributed by atoms with Gasteiger partial charge in [-0.3, -0.25) is 52.7 Å². The average molecular weight is 1920 g/mol. The van der Waals surface area contributed by atoms with Crippen LogP contribution in [-0.2, 0) is 98.8 Å². The van der Waals surface area contributed by atoms with Gasteiger partial charge in [0.25, 0.3) is 17.7 Å². The number of aldehydes is 1. The monoisotopic (exact) mass is 1920 g/mol. The van der Waals surface area contributed by atoms with Gasteiger partial charge in [0.15, 0.2) is 11.6 Å². The molecule has 6 N–H and O–H groups in total. The number of ether oxygens (including phenoxy) is 11. The van der Waals surface area contributed by atoms with Gasteiger partial charge in [-0.05, 0) is 245 Å². The number of hydrogen-bond acceptors (Lipinski definition) is 27. The van der Waals surface area contributed by atoms with Crippen LogP contribution in [0.2, 0.25) is 0 Å². The third-order valence-electron chi connectivity index (χ3n) is 23.4. The number of carboxylic acids is 1. The molecule has 137 heavy (non-hydrogen) atoms. The quantitative estimate of drug-likeness (QED) is 0.00364. The first-order chi connectivity index (χ1) is 64.5. The second-order valence-electron chi connectivity index (χ2n) is 34.4. The number of benzene rings is 4. The standard InChI is InChI=1S/C31H38F3N3O7.C25H38N2O5.C14H22O4.C13H15NO4.C8H12O3.C6H12O2.C3H5NO.Li/c1-4-43-28(41)30(2,3)22-9-13-24(14-10-22)37(29(42)36-23-11-15-25(16-12-23)44-31(32,33)34)19-20-5-7-21(8-6-20)27(40)35-18-17-26(38)39;1-5-31-22(28)15-16-26-23(29)19-9-7-18(8-10-19)17-27-21-13-11-20(12-14-21)25(3,4)24(30)32-6-2;1-4-16-12(15)13(2,3)11-5-7-14(8-6-11)17-9-10-18-14;1-2-18-12(16)7-8-14-13(17)11-5-3-10(9-15)4-6-11;9-7-1-3-8(4-2-7)10-5-6-11-8;1-4-8-6(7)5(2)3;1-2-4-3-5;/h5-8,11-12,15-16,22,24H,4,9-10,13-14,17-19H2,1-3H3,(H,35,40)(H,36,42)(H,38,39);7-10,20-21,27H,5-6,11-17H2,1-4H3,(H,26,29);5H,4,6-10H2,1-3H3;3-6,9H,2,7-8H2,1H3,(H,14,17);1-6H2;7H,4H2,1-3H3;2H2,1H3;/q;;;;;;;+1/p-1. The number of esters is 5. The molecule has 754 valence electrons. The van der Waals surface area contributed by atoms with E-state index in [-0.39, 0.29) is 142 Å². The van der Waals surface area contributed by atoms with Crippen molar-refractivity contribution < 1.29 is 157 Å². The Labute approximate surface area is 814 Å². The molecule has 0 bridgehead atoms. The van der Waals surface area contributed by atoms with E-state index in [4.69, 9.17) is 52.5 Å². The number of amides is 5. The van der Waals surface area contributed by atoms with E-state index >= 15 is 0 Å². The number of urea groups is 1. The Balaban J connectivity index is 0.000000452. The number of allylic oxidation sites excluding steroid dienone is 1. The van der Waals surface area contributed by atoms with Crippen molar-refractivity contribution in [3.63, 3.8) is 0 Å². The summed E-state index contributed by atoms with van der Waals surface area (Å²) in [4.78, 5) is 155. The Morgan fingerprint density at radius 2 is 0.964 bits per heavy atom. The minimum absolute atomic E-state index is 0. The molecule has 2 heterocycles. The number of nitrogens with zero attached hydrogens (tertiary/aromatic N) is 2. The molecule has 4 aromatic rings. The summed E-state index contributed by atoms with van der Waals surface area (Å²) >= 11 is 0. The van der Waals surface area contributed by atoms with Gasteiger partial charge in [0.1, 0.15) is 17.8 Å². The van der Waals surface area contributed by atoms with E-state index in [2.05, 4.69) is 47.1 Å². The zero-order valence-electron chi connectivity index (χ0n) is 82.4. The number of carbonyl (C=O) groups is 12. The minimum Gasteiger partial charge on any atom is -0.614 e. The summed E-state index contributed by atoms with van der Waals surface area (Å²) in [5.41, 5.74) is 4.14. The van der Waals surface area contributed by atoms with Crippen molar-refractivity contribution in [3.8, 4) is 5.75 Å². The summed E-state index contributed by atoms with van der Waals surface area (Å²) in [6.45, 7) is 34.5. The summed E-state index contributed by atoms with van der Waals surface area (Å²) < 4.78 is 93.6. The molecule has 3 saturated carbocycles. The molecule has 2 saturated heterocycles. The third-order valence-corrected chi connectivity index (χ3v) is 23.4. The topological polar surface area (TPSA) is 442 Å². The molecule has 37 heteroatoms. The van der Waals surface area contributed by atoms with Crippen molar-refractivity contribution in [2.24, 2.45) is 33.1 Å². The zero-order valence-corrected chi connectivity index (χ0v) is 82.4. The molecule has 0 radical (unpaired) electrons. The number of isocyanates is 1. The van der Waals surface area contributed by atoms with Gasteiger partial charge >= 0.3 is 67.1 Å². The van der Waals surface area contributed by atoms with Crippen LogP contribution in [0.3, 0.4) is 0 Å². The van der Waals surface area contributed by atoms with Crippen molar-refractivity contribution in [1.29, 1.82) is 0 Å². The van der Waals surface area contributed by atoms with E-state index in [1.54, 1.807) is 114 Å². The van der Waals surface area contributed by atoms with Crippen LogP contribution >= 0.6 is 0 Å².